The number of benzene rings is 1. The molecule has 2 aromatic rings. The molecule has 3 N–H and O–H groups in total. The molecule has 9 heteroatoms. The van der Waals surface area contributed by atoms with Crippen molar-refractivity contribution in [2.45, 2.75) is 55.6 Å². The second-order valence-electron chi connectivity index (χ2n) is 6.93. The zero-order valence-corrected chi connectivity index (χ0v) is 17.1. The first-order valence-corrected chi connectivity index (χ1v) is 11.8. The average Bonchev–Trinajstić information content (AvgIpc) is 3.01. The number of amides is 1. The van der Waals surface area contributed by atoms with E-state index in [2.05, 4.69) is 10.3 Å². The summed E-state index contributed by atoms with van der Waals surface area (Å²) in [5.74, 6) is 0.896. The Morgan fingerprint density at radius 2 is 2.07 bits per heavy atom. The molecule has 0 unspecified atom stereocenters. The predicted molar refractivity (Wildman–Crippen MR) is 107 cm³/mol. The van der Waals surface area contributed by atoms with Gasteiger partial charge in [-0.25, -0.2) is 18.5 Å². The van der Waals surface area contributed by atoms with Crippen LogP contribution in [0.4, 0.5) is 0 Å². The van der Waals surface area contributed by atoms with Crippen LogP contribution in [0.25, 0.3) is 11.0 Å². The molecule has 1 aliphatic rings. The van der Waals surface area contributed by atoms with Crippen LogP contribution in [0.5, 0.6) is 0 Å². The van der Waals surface area contributed by atoms with Crippen LogP contribution in [-0.4, -0.2) is 36.2 Å². The second kappa shape index (κ2) is 8.62. The van der Waals surface area contributed by atoms with Crippen molar-refractivity contribution in [3.63, 3.8) is 0 Å². The zero-order chi connectivity index (χ0) is 19.4. The minimum Gasteiger partial charge on any atom is -0.355 e. The number of nitrogens with one attached hydrogen (secondary N) is 1. The maximum Gasteiger partial charge on any atom is 0.238 e. The van der Waals surface area contributed by atoms with E-state index in [1.165, 1.54) is 56.0 Å². The lowest BCUT2D eigenvalue weighted by molar-refractivity contribution is -0.118. The third-order valence-corrected chi connectivity index (χ3v) is 6.86. The van der Waals surface area contributed by atoms with Gasteiger partial charge < -0.3 is 9.88 Å². The van der Waals surface area contributed by atoms with Gasteiger partial charge in [0.15, 0.2) is 5.16 Å². The van der Waals surface area contributed by atoms with Gasteiger partial charge in [-0.05, 0) is 43.9 Å². The quantitative estimate of drug-likeness (QED) is 0.682. The van der Waals surface area contributed by atoms with Gasteiger partial charge in [0.25, 0.3) is 0 Å². The molecule has 27 heavy (non-hydrogen) atoms. The van der Waals surface area contributed by atoms with Crippen molar-refractivity contribution in [3.05, 3.63) is 18.2 Å². The van der Waals surface area contributed by atoms with E-state index in [0.29, 0.717) is 23.1 Å². The molecule has 3 rings (SSSR count). The van der Waals surface area contributed by atoms with E-state index in [0.717, 1.165) is 12.1 Å². The second-order valence-corrected chi connectivity index (χ2v) is 9.43. The van der Waals surface area contributed by atoms with Crippen molar-refractivity contribution in [1.29, 1.82) is 0 Å². The normalized spacial score (nSPS) is 15.9. The molecule has 0 spiro atoms. The number of sulfonamides is 1. The molecular formula is C18H26N4O3S2. The molecule has 1 aliphatic carbocycles. The van der Waals surface area contributed by atoms with E-state index in [1.54, 1.807) is 6.07 Å². The third-order valence-electron chi connectivity index (χ3n) is 4.97. The van der Waals surface area contributed by atoms with Crippen LogP contribution in [0.15, 0.2) is 28.3 Å². The number of thioether (sulfide) groups is 1. The zero-order valence-electron chi connectivity index (χ0n) is 15.5. The first-order valence-electron chi connectivity index (χ1n) is 9.31. The Balaban J connectivity index is 1.65. The van der Waals surface area contributed by atoms with Crippen LogP contribution < -0.4 is 10.5 Å². The van der Waals surface area contributed by atoms with Crippen LogP contribution in [-0.2, 0) is 21.4 Å². The lowest BCUT2D eigenvalue weighted by atomic mass is 9.89. The molecule has 0 saturated heterocycles. The lowest BCUT2D eigenvalue weighted by Gasteiger charge is -2.21. The highest BCUT2D eigenvalue weighted by atomic mass is 32.2. The molecule has 1 amide bonds. The number of rotatable bonds is 7. The number of hydrogen-bond acceptors (Lipinski definition) is 5. The van der Waals surface area contributed by atoms with Gasteiger partial charge in [-0.2, -0.15) is 0 Å². The number of aryl methyl sites for hydroxylation is 1. The summed E-state index contributed by atoms with van der Waals surface area (Å²) in [5, 5.41) is 8.93. The molecule has 7 nitrogen and oxygen atoms in total. The summed E-state index contributed by atoms with van der Waals surface area (Å²) >= 11 is 1.36. The molecule has 1 fully saturated rings. The topological polar surface area (TPSA) is 107 Å². The standard InChI is InChI=1S/C18H26N4O3S2/c1-2-22-16-9-8-14(27(19,24)25)10-15(16)21-18(22)26-12-17(23)20-11-13-6-4-3-5-7-13/h8-10,13H,2-7,11-12H2,1H3,(H,20,23)(H2,19,24,25). The lowest BCUT2D eigenvalue weighted by Crippen LogP contribution is -2.31. The summed E-state index contributed by atoms with van der Waals surface area (Å²) < 4.78 is 25.1. The summed E-state index contributed by atoms with van der Waals surface area (Å²) in [6, 6.07) is 4.67. The third kappa shape index (κ3) is 5.03. The van der Waals surface area contributed by atoms with Gasteiger partial charge in [0.2, 0.25) is 15.9 Å². The molecule has 0 atom stereocenters. The highest BCUT2D eigenvalue weighted by Gasteiger charge is 2.17. The molecule has 0 radical (unpaired) electrons. The maximum absolute atomic E-state index is 12.2. The molecule has 0 aliphatic heterocycles. The number of hydrogen-bond donors (Lipinski definition) is 2. The Bertz CT molecular complexity index is 918. The summed E-state index contributed by atoms with van der Waals surface area (Å²) in [6.45, 7) is 3.42. The molecule has 1 aromatic carbocycles. The molecule has 148 valence electrons. The Morgan fingerprint density at radius 3 is 2.74 bits per heavy atom. The Labute approximate surface area is 164 Å². The van der Waals surface area contributed by atoms with E-state index >= 15 is 0 Å². The molecule has 1 saturated carbocycles. The highest BCUT2D eigenvalue weighted by Crippen LogP contribution is 2.26. The first-order chi connectivity index (χ1) is 12.9. The van der Waals surface area contributed by atoms with E-state index in [9.17, 15) is 13.2 Å². The number of nitrogens with two attached hydrogens (primary N) is 1. The smallest absolute Gasteiger partial charge is 0.238 e. The monoisotopic (exact) mass is 410 g/mol. The van der Waals surface area contributed by atoms with E-state index in [-0.39, 0.29) is 16.6 Å². The summed E-state index contributed by atoms with van der Waals surface area (Å²) in [7, 11) is -3.77. The number of imidazole rings is 1. The van der Waals surface area contributed by atoms with Crippen LogP contribution in [0, 0.1) is 5.92 Å². The maximum atomic E-state index is 12.2. The number of fused-ring (bicyclic) bond motifs is 1. The molecule has 1 aromatic heterocycles. The van der Waals surface area contributed by atoms with E-state index in [1.807, 2.05) is 11.5 Å². The van der Waals surface area contributed by atoms with Crippen molar-refractivity contribution < 1.29 is 13.2 Å². The minimum absolute atomic E-state index is 0.00510. The molecule has 1 heterocycles. The fourth-order valence-electron chi connectivity index (χ4n) is 3.51. The Hall–Kier alpha value is -1.58. The Kier molecular flexibility index (Phi) is 6.44. The average molecular weight is 411 g/mol. The van der Waals surface area contributed by atoms with Gasteiger partial charge in [-0.3, -0.25) is 4.79 Å². The SMILES string of the molecule is CCn1c(SCC(=O)NCC2CCCCC2)nc2cc(S(N)(=O)=O)ccc21. The number of nitrogens with zero attached hydrogens (tertiary/aromatic N) is 2. The van der Waals surface area contributed by atoms with Crippen molar-refractivity contribution in [1.82, 2.24) is 14.9 Å². The summed E-state index contributed by atoms with van der Waals surface area (Å²) in [6.07, 6.45) is 6.23. The van der Waals surface area contributed by atoms with E-state index < -0.39 is 10.0 Å². The highest BCUT2D eigenvalue weighted by molar-refractivity contribution is 7.99. The number of aromatic nitrogens is 2. The minimum atomic E-state index is -3.77. The number of primary sulfonamides is 1. The number of carbonyl (C=O) groups excluding carboxylic acids is 1. The van der Waals surface area contributed by atoms with Crippen molar-refractivity contribution in [2.24, 2.45) is 11.1 Å². The van der Waals surface area contributed by atoms with Crippen LogP contribution in [0.2, 0.25) is 0 Å². The van der Waals surface area contributed by atoms with Crippen LogP contribution in [0.3, 0.4) is 0 Å². The van der Waals surface area contributed by atoms with Crippen molar-refractivity contribution >= 4 is 38.7 Å². The molecular weight excluding hydrogens is 384 g/mol. The van der Waals surface area contributed by atoms with Crippen LogP contribution >= 0.6 is 11.8 Å². The fraction of sp³-hybridized carbons (Fsp3) is 0.556. The molecule has 0 bridgehead atoms. The van der Waals surface area contributed by atoms with Gasteiger partial charge in [-0.1, -0.05) is 31.0 Å². The Morgan fingerprint density at radius 1 is 1.33 bits per heavy atom. The first kappa shape index (κ1) is 20.2. The summed E-state index contributed by atoms with van der Waals surface area (Å²) in [4.78, 5) is 16.7. The van der Waals surface area contributed by atoms with Gasteiger partial charge in [-0.15, -0.1) is 0 Å². The van der Waals surface area contributed by atoms with Gasteiger partial charge in [0.05, 0.1) is 21.7 Å². The predicted octanol–water partition coefficient (Wildman–Crippen LogP) is 2.49. The van der Waals surface area contributed by atoms with Gasteiger partial charge in [0.1, 0.15) is 0 Å². The van der Waals surface area contributed by atoms with Crippen LogP contribution in [0.1, 0.15) is 39.0 Å². The van der Waals surface area contributed by atoms with Gasteiger partial charge >= 0.3 is 0 Å². The largest absolute Gasteiger partial charge is 0.355 e. The number of carbonyl (C=O) groups is 1. The van der Waals surface area contributed by atoms with Crippen molar-refractivity contribution in [2.75, 3.05) is 12.3 Å². The van der Waals surface area contributed by atoms with Crippen molar-refractivity contribution in [3.8, 4) is 0 Å². The fourth-order valence-corrected chi connectivity index (χ4v) is 4.95. The van der Waals surface area contributed by atoms with Gasteiger partial charge in [0, 0.05) is 13.1 Å². The summed E-state index contributed by atoms with van der Waals surface area (Å²) in [5.41, 5.74) is 1.39. The van der Waals surface area contributed by atoms with E-state index in [4.69, 9.17) is 5.14 Å².